The number of hydrogen-bond donors (Lipinski definition) is 2. The van der Waals surface area contributed by atoms with Crippen molar-refractivity contribution < 1.29 is 4.74 Å². The van der Waals surface area contributed by atoms with Gasteiger partial charge in [-0.2, -0.15) is 0 Å². The van der Waals surface area contributed by atoms with Crippen molar-refractivity contribution in [1.82, 2.24) is 10.3 Å². The van der Waals surface area contributed by atoms with E-state index in [1.807, 2.05) is 13.0 Å². The molecule has 2 aromatic carbocycles. The van der Waals surface area contributed by atoms with E-state index < -0.39 is 0 Å². The molecule has 3 aromatic rings. The van der Waals surface area contributed by atoms with Crippen molar-refractivity contribution in [2.45, 2.75) is 19.8 Å². The number of nitrogens with zero attached hydrogens (tertiary/aromatic N) is 1. The molecule has 3 rings (SSSR count). The van der Waals surface area contributed by atoms with Gasteiger partial charge >= 0.3 is 0 Å². The molecule has 136 valence electrons. The smallest absolute Gasteiger partial charge is 0.170 e. The van der Waals surface area contributed by atoms with Gasteiger partial charge in [0.1, 0.15) is 0 Å². The summed E-state index contributed by atoms with van der Waals surface area (Å²) in [7, 11) is 0. The second kappa shape index (κ2) is 9.62. The maximum Gasteiger partial charge on any atom is 0.170 e. The molecule has 0 atom stereocenters. The Balaban J connectivity index is 1.49. The number of anilines is 1. The molecule has 0 aliphatic carbocycles. The third-order valence-electron chi connectivity index (χ3n) is 3.86. The molecule has 0 saturated heterocycles. The number of thiocarbonyl (C=S) groups is 1. The molecule has 0 bridgehead atoms. The molecule has 0 unspecified atom stereocenters. The van der Waals surface area contributed by atoms with Crippen LogP contribution in [0.25, 0.3) is 10.2 Å². The van der Waals surface area contributed by atoms with Gasteiger partial charge in [0.25, 0.3) is 0 Å². The zero-order valence-electron chi connectivity index (χ0n) is 14.8. The summed E-state index contributed by atoms with van der Waals surface area (Å²) in [6.07, 6.45) is 1.79. The quantitative estimate of drug-likeness (QED) is 0.438. The summed E-state index contributed by atoms with van der Waals surface area (Å²) < 4.78 is 6.54. The third-order valence-corrected chi connectivity index (χ3v) is 5.14. The number of ether oxygens (including phenoxy) is 1. The fourth-order valence-corrected chi connectivity index (χ4v) is 3.79. The molecule has 0 spiro atoms. The molecule has 0 fully saturated rings. The van der Waals surface area contributed by atoms with E-state index in [4.69, 9.17) is 21.9 Å². The molecular weight excluding hydrogens is 362 g/mol. The summed E-state index contributed by atoms with van der Waals surface area (Å²) in [5.74, 6) is 0. The van der Waals surface area contributed by atoms with Crippen molar-refractivity contribution in [2.24, 2.45) is 0 Å². The second-order valence-electron chi connectivity index (χ2n) is 5.88. The summed E-state index contributed by atoms with van der Waals surface area (Å²) in [6.45, 7) is 4.32. The van der Waals surface area contributed by atoms with E-state index in [0.29, 0.717) is 5.11 Å². The minimum atomic E-state index is 0.639. The topological polar surface area (TPSA) is 46.2 Å². The summed E-state index contributed by atoms with van der Waals surface area (Å²) in [5, 5.41) is 8.18. The van der Waals surface area contributed by atoms with E-state index in [1.165, 1.54) is 10.3 Å². The van der Waals surface area contributed by atoms with E-state index in [-0.39, 0.29) is 0 Å². The molecule has 1 aromatic heterocycles. The maximum atomic E-state index is 5.32. The van der Waals surface area contributed by atoms with Gasteiger partial charge in [-0.05, 0) is 55.4 Å². The van der Waals surface area contributed by atoms with Gasteiger partial charge in [-0.25, -0.2) is 4.98 Å². The first-order chi connectivity index (χ1) is 12.7. The van der Waals surface area contributed by atoms with Crippen LogP contribution in [0.1, 0.15) is 23.9 Å². The zero-order chi connectivity index (χ0) is 18.2. The average Bonchev–Trinajstić information content (AvgIpc) is 3.05. The highest BCUT2D eigenvalue weighted by atomic mass is 32.1. The van der Waals surface area contributed by atoms with Gasteiger partial charge in [-0.15, -0.1) is 11.3 Å². The Morgan fingerprint density at radius 3 is 2.73 bits per heavy atom. The van der Waals surface area contributed by atoms with Gasteiger partial charge in [-0.1, -0.05) is 24.3 Å². The van der Waals surface area contributed by atoms with E-state index >= 15 is 0 Å². The van der Waals surface area contributed by atoms with Crippen molar-refractivity contribution in [3.05, 3.63) is 59.1 Å². The molecule has 6 heteroatoms. The lowest BCUT2D eigenvalue weighted by molar-refractivity contribution is 0.146. The summed E-state index contributed by atoms with van der Waals surface area (Å²) >= 11 is 7.07. The fourth-order valence-electron chi connectivity index (χ4n) is 2.57. The number of nitrogens with one attached hydrogen (secondary N) is 2. The van der Waals surface area contributed by atoms with Crippen LogP contribution in [0.3, 0.4) is 0 Å². The van der Waals surface area contributed by atoms with Gasteiger partial charge in [0, 0.05) is 31.9 Å². The van der Waals surface area contributed by atoms with Crippen molar-refractivity contribution in [1.29, 1.82) is 0 Å². The lowest BCUT2D eigenvalue weighted by Gasteiger charge is -2.11. The highest BCUT2D eigenvalue weighted by molar-refractivity contribution is 7.80. The lowest BCUT2D eigenvalue weighted by atomic mass is 10.1. The Kier molecular flexibility index (Phi) is 6.94. The highest BCUT2D eigenvalue weighted by Gasteiger charge is 2.05. The fraction of sp³-hybridized carbons (Fsp3) is 0.300. The van der Waals surface area contributed by atoms with Crippen molar-refractivity contribution >= 4 is 44.6 Å². The number of hydrogen-bond acceptors (Lipinski definition) is 4. The molecule has 0 radical (unpaired) electrons. The number of rotatable bonds is 8. The van der Waals surface area contributed by atoms with E-state index in [0.717, 1.165) is 48.8 Å². The molecule has 0 saturated carbocycles. The molecule has 4 nitrogen and oxygen atoms in total. The van der Waals surface area contributed by atoms with Crippen LogP contribution in [0.4, 0.5) is 5.69 Å². The minimum absolute atomic E-state index is 0.639. The maximum absolute atomic E-state index is 5.32. The molecule has 2 N–H and O–H groups in total. The Morgan fingerprint density at radius 1 is 1.15 bits per heavy atom. The van der Waals surface area contributed by atoms with Crippen LogP contribution in [0.15, 0.2) is 48.5 Å². The zero-order valence-corrected chi connectivity index (χ0v) is 16.5. The van der Waals surface area contributed by atoms with Crippen LogP contribution < -0.4 is 10.6 Å². The van der Waals surface area contributed by atoms with Gasteiger partial charge in [-0.3, -0.25) is 0 Å². The molecule has 26 heavy (non-hydrogen) atoms. The Morgan fingerprint density at radius 2 is 1.96 bits per heavy atom. The summed E-state index contributed by atoms with van der Waals surface area (Å²) in [6, 6.07) is 16.6. The second-order valence-corrected chi connectivity index (χ2v) is 7.40. The van der Waals surface area contributed by atoms with Crippen LogP contribution >= 0.6 is 23.6 Å². The van der Waals surface area contributed by atoms with E-state index in [1.54, 1.807) is 11.3 Å². The standard InChI is InChI=1S/C20H23N3OS2/c1-2-24-13-5-12-21-20(25)22-16-10-8-15(9-11-16)14-19-23-17-6-3-4-7-18(17)26-19/h3-4,6-11H,2,5,12-14H2,1H3,(H2,21,22,25). The van der Waals surface area contributed by atoms with Crippen LogP contribution in [-0.2, 0) is 11.2 Å². The van der Waals surface area contributed by atoms with Crippen molar-refractivity contribution in [2.75, 3.05) is 25.1 Å². The molecule has 1 heterocycles. The Labute approximate surface area is 163 Å². The Bertz CT molecular complexity index is 813. The molecule has 0 aliphatic rings. The molecule has 0 aliphatic heterocycles. The number of para-hydroxylation sites is 1. The lowest BCUT2D eigenvalue weighted by Crippen LogP contribution is -2.29. The third kappa shape index (κ3) is 5.49. The van der Waals surface area contributed by atoms with E-state index in [2.05, 4.69) is 53.1 Å². The van der Waals surface area contributed by atoms with Crippen LogP contribution in [0, 0.1) is 0 Å². The first-order valence-electron chi connectivity index (χ1n) is 8.80. The molecule has 0 amide bonds. The largest absolute Gasteiger partial charge is 0.382 e. The highest BCUT2D eigenvalue weighted by Crippen LogP contribution is 2.24. The average molecular weight is 386 g/mol. The van der Waals surface area contributed by atoms with Gasteiger partial charge in [0.2, 0.25) is 0 Å². The predicted octanol–water partition coefficient (Wildman–Crippen LogP) is 4.60. The van der Waals surface area contributed by atoms with Crippen LogP contribution in [0.2, 0.25) is 0 Å². The summed E-state index contributed by atoms with van der Waals surface area (Å²) in [4.78, 5) is 4.70. The normalized spacial score (nSPS) is 10.8. The van der Waals surface area contributed by atoms with Crippen LogP contribution in [-0.4, -0.2) is 29.9 Å². The van der Waals surface area contributed by atoms with E-state index in [9.17, 15) is 0 Å². The summed E-state index contributed by atoms with van der Waals surface area (Å²) in [5.41, 5.74) is 3.30. The Hall–Kier alpha value is -2.02. The van der Waals surface area contributed by atoms with Gasteiger partial charge < -0.3 is 15.4 Å². The number of benzene rings is 2. The van der Waals surface area contributed by atoms with Crippen molar-refractivity contribution in [3.63, 3.8) is 0 Å². The predicted molar refractivity (Wildman–Crippen MR) is 114 cm³/mol. The van der Waals surface area contributed by atoms with Gasteiger partial charge in [0.05, 0.1) is 15.2 Å². The van der Waals surface area contributed by atoms with Crippen LogP contribution in [0.5, 0.6) is 0 Å². The minimum Gasteiger partial charge on any atom is -0.382 e. The first kappa shape index (κ1) is 18.8. The number of fused-ring (bicyclic) bond motifs is 1. The SMILES string of the molecule is CCOCCCNC(=S)Nc1ccc(Cc2nc3ccccc3s2)cc1. The number of aromatic nitrogens is 1. The van der Waals surface area contributed by atoms with Gasteiger partial charge in [0.15, 0.2) is 5.11 Å². The molecular formula is C20H23N3OS2. The number of thiazole rings is 1. The monoisotopic (exact) mass is 385 g/mol. The first-order valence-corrected chi connectivity index (χ1v) is 10.0. The van der Waals surface area contributed by atoms with Crippen molar-refractivity contribution in [3.8, 4) is 0 Å².